The van der Waals surface area contributed by atoms with E-state index in [1.54, 1.807) is 32.2 Å². The van der Waals surface area contributed by atoms with Gasteiger partial charge in [0.25, 0.3) is 0 Å². The molecule has 0 aromatic heterocycles. The van der Waals surface area contributed by atoms with Gasteiger partial charge >= 0.3 is 0 Å². The fourth-order valence-corrected chi connectivity index (χ4v) is 4.19. The van der Waals surface area contributed by atoms with Crippen molar-refractivity contribution in [2.24, 2.45) is 0 Å². The Morgan fingerprint density at radius 2 is 1.74 bits per heavy atom. The molecule has 184 valence electrons. The second-order valence-electron chi connectivity index (χ2n) is 8.76. The van der Waals surface area contributed by atoms with Crippen molar-refractivity contribution in [3.05, 3.63) is 59.9 Å². The molecule has 0 heterocycles. The molecule has 1 N–H and O–H groups in total. The second-order valence-corrected chi connectivity index (χ2v) is 8.76. The van der Waals surface area contributed by atoms with Gasteiger partial charge in [-0.05, 0) is 56.5 Å². The van der Waals surface area contributed by atoms with E-state index >= 15 is 0 Å². The summed E-state index contributed by atoms with van der Waals surface area (Å²) >= 11 is 0. The number of ether oxygens (including phenoxy) is 2. The molecule has 0 bridgehead atoms. The molecule has 0 radical (unpaired) electrons. The number of amides is 2. The molecule has 6 nitrogen and oxygen atoms in total. The number of hydrogen-bond donors (Lipinski definition) is 1. The van der Waals surface area contributed by atoms with Gasteiger partial charge in [0.15, 0.2) is 0 Å². The van der Waals surface area contributed by atoms with E-state index in [4.69, 9.17) is 9.47 Å². The van der Waals surface area contributed by atoms with Crippen molar-refractivity contribution in [3.63, 3.8) is 0 Å². The van der Waals surface area contributed by atoms with Crippen LogP contribution in [0.4, 0.5) is 4.39 Å². The Hall–Kier alpha value is -3.09. The predicted molar refractivity (Wildman–Crippen MR) is 129 cm³/mol. The quantitative estimate of drug-likeness (QED) is 0.476. The summed E-state index contributed by atoms with van der Waals surface area (Å²) in [6.07, 6.45) is 6.00. The average molecular weight is 471 g/mol. The summed E-state index contributed by atoms with van der Waals surface area (Å²) in [6, 6.07) is 13.0. The number of rotatable bonds is 11. The van der Waals surface area contributed by atoms with E-state index in [1.165, 1.54) is 17.4 Å². The van der Waals surface area contributed by atoms with Gasteiger partial charge in [-0.2, -0.15) is 0 Å². The standard InChI is InChI=1S/C27H35FN2O4/c1-20(27(32)29-22-10-4-3-5-11-22)30(19-21-9-6-7-12-25(21)28)26(31)13-8-18-34-24-16-14-23(33-2)15-17-24/h6-7,9,12,14-17,20,22H,3-5,8,10-11,13,18-19H2,1-2H3,(H,29,32). The topological polar surface area (TPSA) is 67.9 Å². The van der Waals surface area contributed by atoms with Gasteiger partial charge in [-0.1, -0.05) is 37.5 Å². The summed E-state index contributed by atoms with van der Waals surface area (Å²) in [5.41, 5.74) is 0.391. The van der Waals surface area contributed by atoms with E-state index < -0.39 is 6.04 Å². The number of nitrogens with one attached hydrogen (secondary N) is 1. The Morgan fingerprint density at radius 3 is 2.41 bits per heavy atom. The molecule has 2 aromatic rings. The zero-order valence-corrected chi connectivity index (χ0v) is 20.1. The first-order chi connectivity index (χ1) is 16.5. The predicted octanol–water partition coefficient (Wildman–Crippen LogP) is 4.86. The van der Waals surface area contributed by atoms with Crippen molar-refractivity contribution in [2.75, 3.05) is 13.7 Å². The minimum absolute atomic E-state index is 0.0457. The highest BCUT2D eigenvalue weighted by molar-refractivity contribution is 5.87. The molecule has 2 amide bonds. The van der Waals surface area contributed by atoms with Crippen LogP contribution in [0, 0.1) is 5.82 Å². The fraction of sp³-hybridized carbons (Fsp3) is 0.481. The van der Waals surface area contributed by atoms with Crippen LogP contribution in [-0.4, -0.2) is 42.5 Å². The van der Waals surface area contributed by atoms with Gasteiger partial charge in [0.2, 0.25) is 11.8 Å². The lowest BCUT2D eigenvalue weighted by atomic mass is 9.95. The van der Waals surface area contributed by atoms with Gasteiger partial charge < -0.3 is 19.7 Å². The van der Waals surface area contributed by atoms with Crippen LogP contribution in [0.25, 0.3) is 0 Å². The largest absolute Gasteiger partial charge is 0.497 e. The minimum Gasteiger partial charge on any atom is -0.497 e. The van der Waals surface area contributed by atoms with Gasteiger partial charge in [0.05, 0.1) is 13.7 Å². The third-order valence-electron chi connectivity index (χ3n) is 6.28. The fourth-order valence-electron chi connectivity index (χ4n) is 4.19. The van der Waals surface area contributed by atoms with E-state index in [-0.39, 0.29) is 36.6 Å². The minimum atomic E-state index is -0.698. The second kappa shape index (κ2) is 13.0. The molecule has 0 aliphatic heterocycles. The Labute approximate surface area is 201 Å². The third kappa shape index (κ3) is 7.47. The van der Waals surface area contributed by atoms with Crippen LogP contribution in [0.2, 0.25) is 0 Å². The SMILES string of the molecule is COc1ccc(OCCCC(=O)N(Cc2ccccc2F)C(C)C(=O)NC2CCCCC2)cc1. The molecule has 1 aliphatic carbocycles. The van der Waals surface area contributed by atoms with E-state index in [1.807, 2.05) is 24.3 Å². The van der Waals surface area contributed by atoms with Crippen molar-refractivity contribution >= 4 is 11.8 Å². The number of hydrogen-bond acceptors (Lipinski definition) is 4. The molecule has 3 rings (SSSR count). The lowest BCUT2D eigenvalue weighted by molar-refractivity contribution is -0.141. The molecule has 1 fully saturated rings. The lowest BCUT2D eigenvalue weighted by Crippen LogP contribution is -2.50. The van der Waals surface area contributed by atoms with Crippen molar-refractivity contribution in [1.29, 1.82) is 0 Å². The highest BCUT2D eigenvalue weighted by Gasteiger charge is 2.28. The van der Waals surface area contributed by atoms with Crippen LogP contribution in [0.1, 0.15) is 57.4 Å². The van der Waals surface area contributed by atoms with Crippen LogP contribution in [-0.2, 0) is 16.1 Å². The molecule has 0 spiro atoms. The van der Waals surface area contributed by atoms with Crippen molar-refractivity contribution in [2.45, 2.75) is 70.5 Å². The third-order valence-corrected chi connectivity index (χ3v) is 6.28. The molecule has 2 aromatic carbocycles. The molecular formula is C27H35FN2O4. The zero-order chi connectivity index (χ0) is 24.3. The van der Waals surface area contributed by atoms with Gasteiger partial charge in [-0.3, -0.25) is 9.59 Å². The maximum Gasteiger partial charge on any atom is 0.242 e. The van der Waals surface area contributed by atoms with Crippen LogP contribution in [0.15, 0.2) is 48.5 Å². The van der Waals surface area contributed by atoms with E-state index in [0.717, 1.165) is 31.4 Å². The Morgan fingerprint density at radius 1 is 1.06 bits per heavy atom. The number of halogens is 1. The lowest BCUT2D eigenvalue weighted by Gasteiger charge is -2.31. The van der Waals surface area contributed by atoms with Gasteiger partial charge in [0, 0.05) is 24.6 Å². The smallest absolute Gasteiger partial charge is 0.242 e. The molecule has 34 heavy (non-hydrogen) atoms. The monoisotopic (exact) mass is 470 g/mol. The first-order valence-corrected chi connectivity index (χ1v) is 12.1. The van der Waals surface area contributed by atoms with Gasteiger partial charge in [-0.15, -0.1) is 0 Å². The molecule has 7 heteroatoms. The first kappa shape index (κ1) is 25.5. The molecule has 1 unspecified atom stereocenters. The van der Waals surface area contributed by atoms with E-state index in [0.29, 0.717) is 24.3 Å². The molecule has 1 aliphatic rings. The molecule has 1 atom stereocenters. The van der Waals surface area contributed by atoms with Crippen molar-refractivity contribution < 1.29 is 23.5 Å². The summed E-state index contributed by atoms with van der Waals surface area (Å²) in [4.78, 5) is 27.6. The van der Waals surface area contributed by atoms with Crippen molar-refractivity contribution in [3.8, 4) is 11.5 Å². The first-order valence-electron chi connectivity index (χ1n) is 12.1. The maximum atomic E-state index is 14.3. The summed E-state index contributed by atoms with van der Waals surface area (Å²) < 4.78 is 25.2. The Balaban J connectivity index is 1.59. The Bertz CT molecular complexity index is 928. The zero-order valence-electron chi connectivity index (χ0n) is 20.1. The number of carbonyl (C=O) groups is 2. The van der Waals surface area contributed by atoms with Crippen molar-refractivity contribution in [1.82, 2.24) is 10.2 Å². The van der Waals surface area contributed by atoms with Crippen LogP contribution in [0.3, 0.4) is 0 Å². The van der Waals surface area contributed by atoms with Crippen LogP contribution < -0.4 is 14.8 Å². The number of methoxy groups -OCH3 is 1. The molecule has 1 saturated carbocycles. The van der Waals surface area contributed by atoms with Gasteiger partial charge in [-0.25, -0.2) is 4.39 Å². The summed E-state index contributed by atoms with van der Waals surface area (Å²) in [5.74, 6) is 0.658. The van der Waals surface area contributed by atoms with E-state index in [9.17, 15) is 14.0 Å². The average Bonchev–Trinajstić information content (AvgIpc) is 2.86. The summed E-state index contributed by atoms with van der Waals surface area (Å²) in [7, 11) is 1.60. The number of nitrogens with zero attached hydrogens (tertiary/aromatic N) is 1. The Kier molecular flexibility index (Phi) is 9.74. The van der Waals surface area contributed by atoms with Crippen LogP contribution >= 0.6 is 0 Å². The highest BCUT2D eigenvalue weighted by atomic mass is 19.1. The maximum absolute atomic E-state index is 14.3. The normalized spacial score (nSPS) is 14.8. The van der Waals surface area contributed by atoms with Gasteiger partial charge in [0.1, 0.15) is 23.4 Å². The number of benzene rings is 2. The number of carbonyl (C=O) groups excluding carboxylic acids is 2. The highest BCUT2D eigenvalue weighted by Crippen LogP contribution is 2.20. The summed E-state index contributed by atoms with van der Waals surface area (Å²) in [5, 5.41) is 3.09. The van der Waals surface area contributed by atoms with E-state index in [2.05, 4.69) is 5.32 Å². The molecular weight excluding hydrogens is 435 g/mol. The molecule has 0 saturated heterocycles. The van der Waals surface area contributed by atoms with Crippen LogP contribution in [0.5, 0.6) is 11.5 Å². The summed E-state index contributed by atoms with van der Waals surface area (Å²) in [6.45, 7) is 2.11.